The molecule has 1 aromatic carbocycles. The first-order valence-electron chi connectivity index (χ1n) is 7.58. The molecule has 1 aliphatic rings. The van der Waals surface area contributed by atoms with Gasteiger partial charge in [-0.05, 0) is 62.3 Å². The first-order chi connectivity index (χ1) is 9.20. The second-order valence-electron chi connectivity index (χ2n) is 5.74. The lowest BCUT2D eigenvalue weighted by molar-refractivity contribution is 0.0540. The Hall–Kier alpha value is -0.860. The van der Waals surface area contributed by atoms with Gasteiger partial charge in [0.25, 0.3) is 0 Å². The number of benzene rings is 1. The zero-order valence-corrected chi connectivity index (χ0v) is 12.5. The van der Waals surface area contributed by atoms with Crippen LogP contribution < -0.4 is 5.32 Å². The molecule has 106 valence electrons. The number of rotatable bonds is 5. The largest absolute Gasteiger partial charge is 0.381 e. The van der Waals surface area contributed by atoms with Gasteiger partial charge in [-0.15, -0.1) is 0 Å². The average Bonchev–Trinajstić information content (AvgIpc) is 2.43. The van der Waals surface area contributed by atoms with E-state index < -0.39 is 0 Å². The predicted molar refractivity (Wildman–Crippen MR) is 80.6 cm³/mol. The maximum atomic E-state index is 5.49. The summed E-state index contributed by atoms with van der Waals surface area (Å²) in [6.45, 7) is 9.49. The third kappa shape index (κ3) is 4.05. The minimum absolute atomic E-state index is 0.594. The van der Waals surface area contributed by atoms with E-state index in [0.29, 0.717) is 6.04 Å². The zero-order chi connectivity index (χ0) is 13.7. The normalized spacial score (nSPS) is 18.5. The van der Waals surface area contributed by atoms with Gasteiger partial charge in [-0.2, -0.15) is 0 Å². The second kappa shape index (κ2) is 7.06. The predicted octanol–water partition coefficient (Wildman–Crippen LogP) is 3.25. The highest BCUT2D eigenvalue weighted by atomic mass is 16.5. The number of hydrogen-bond acceptors (Lipinski definition) is 2. The molecule has 0 saturated carbocycles. The van der Waals surface area contributed by atoms with Crippen LogP contribution in [0.4, 0.5) is 0 Å². The van der Waals surface area contributed by atoms with Gasteiger partial charge in [-0.3, -0.25) is 0 Å². The Morgan fingerprint density at radius 3 is 2.58 bits per heavy atom. The standard InChI is InChI=1S/C17H27NO/c1-4-18-17(16-7-9-19-10-8-16)12-15-6-5-13(2)14(3)11-15/h5-6,11,16-18H,4,7-10,12H2,1-3H3. The molecule has 0 bridgehead atoms. The molecular weight excluding hydrogens is 234 g/mol. The molecule has 0 aromatic heterocycles. The smallest absolute Gasteiger partial charge is 0.0469 e. The van der Waals surface area contributed by atoms with Crippen molar-refractivity contribution < 1.29 is 4.74 Å². The quantitative estimate of drug-likeness (QED) is 0.878. The van der Waals surface area contributed by atoms with Crippen molar-refractivity contribution in [2.24, 2.45) is 5.92 Å². The molecule has 1 atom stereocenters. The third-order valence-corrected chi connectivity index (χ3v) is 4.33. The summed E-state index contributed by atoms with van der Waals surface area (Å²) < 4.78 is 5.49. The van der Waals surface area contributed by atoms with Gasteiger partial charge in [0.1, 0.15) is 0 Å². The van der Waals surface area contributed by atoms with E-state index in [0.717, 1.165) is 32.1 Å². The molecule has 1 aliphatic heterocycles. The van der Waals surface area contributed by atoms with Gasteiger partial charge in [0.05, 0.1) is 0 Å². The van der Waals surface area contributed by atoms with Crippen LogP contribution in [0.5, 0.6) is 0 Å². The number of aryl methyl sites for hydroxylation is 2. The van der Waals surface area contributed by atoms with Crippen LogP contribution in [0.25, 0.3) is 0 Å². The van der Waals surface area contributed by atoms with Crippen LogP contribution in [0.3, 0.4) is 0 Å². The van der Waals surface area contributed by atoms with Crippen molar-refractivity contribution in [3.63, 3.8) is 0 Å². The van der Waals surface area contributed by atoms with Crippen LogP contribution in [-0.4, -0.2) is 25.8 Å². The third-order valence-electron chi connectivity index (χ3n) is 4.33. The summed E-state index contributed by atoms with van der Waals surface area (Å²) in [6.07, 6.45) is 3.53. The molecule has 1 fully saturated rings. The minimum Gasteiger partial charge on any atom is -0.381 e. The Kier molecular flexibility index (Phi) is 5.41. The lowest BCUT2D eigenvalue weighted by Gasteiger charge is -2.31. The van der Waals surface area contributed by atoms with Crippen molar-refractivity contribution >= 4 is 0 Å². The number of likely N-dealkylation sites (N-methyl/N-ethyl adjacent to an activating group) is 1. The van der Waals surface area contributed by atoms with Crippen LogP contribution in [0, 0.1) is 19.8 Å². The fourth-order valence-electron chi connectivity index (χ4n) is 2.97. The highest BCUT2D eigenvalue weighted by Gasteiger charge is 2.23. The highest BCUT2D eigenvalue weighted by molar-refractivity contribution is 5.30. The number of ether oxygens (including phenoxy) is 1. The van der Waals surface area contributed by atoms with Crippen LogP contribution in [-0.2, 0) is 11.2 Å². The van der Waals surface area contributed by atoms with Crippen molar-refractivity contribution in [3.8, 4) is 0 Å². The van der Waals surface area contributed by atoms with Gasteiger partial charge in [0.15, 0.2) is 0 Å². The molecule has 0 radical (unpaired) electrons. The van der Waals surface area contributed by atoms with Crippen molar-refractivity contribution in [2.75, 3.05) is 19.8 Å². The van der Waals surface area contributed by atoms with Crippen LogP contribution in [0.2, 0.25) is 0 Å². The van der Waals surface area contributed by atoms with Crippen molar-refractivity contribution in [1.82, 2.24) is 5.32 Å². The molecule has 1 aromatic rings. The van der Waals surface area contributed by atoms with E-state index in [2.05, 4.69) is 44.3 Å². The number of hydrogen-bond donors (Lipinski definition) is 1. The molecule has 0 spiro atoms. The maximum Gasteiger partial charge on any atom is 0.0469 e. The van der Waals surface area contributed by atoms with Crippen LogP contribution in [0.15, 0.2) is 18.2 Å². The highest BCUT2D eigenvalue weighted by Crippen LogP contribution is 2.22. The summed E-state index contributed by atoms with van der Waals surface area (Å²) in [5.41, 5.74) is 4.25. The molecule has 19 heavy (non-hydrogen) atoms. The summed E-state index contributed by atoms with van der Waals surface area (Å²) in [5.74, 6) is 0.760. The molecule has 0 aliphatic carbocycles. The molecular formula is C17H27NO. The van der Waals surface area contributed by atoms with Gasteiger partial charge >= 0.3 is 0 Å². The van der Waals surface area contributed by atoms with Gasteiger partial charge in [-0.1, -0.05) is 25.1 Å². The van der Waals surface area contributed by atoms with Crippen molar-refractivity contribution in [1.29, 1.82) is 0 Å². The fraction of sp³-hybridized carbons (Fsp3) is 0.647. The Morgan fingerprint density at radius 1 is 1.21 bits per heavy atom. The SMILES string of the molecule is CCNC(Cc1ccc(C)c(C)c1)C1CCOCC1. The van der Waals surface area contributed by atoms with Crippen molar-refractivity contribution in [2.45, 2.75) is 46.1 Å². The molecule has 0 amide bonds. The molecule has 1 unspecified atom stereocenters. The van der Waals surface area contributed by atoms with Crippen molar-refractivity contribution in [3.05, 3.63) is 34.9 Å². The van der Waals surface area contributed by atoms with E-state index >= 15 is 0 Å². The first kappa shape index (κ1) is 14.5. The summed E-state index contributed by atoms with van der Waals surface area (Å²) in [4.78, 5) is 0. The minimum atomic E-state index is 0.594. The fourth-order valence-corrected chi connectivity index (χ4v) is 2.97. The summed E-state index contributed by atoms with van der Waals surface area (Å²) in [7, 11) is 0. The monoisotopic (exact) mass is 261 g/mol. The molecule has 2 nitrogen and oxygen atoms in total. The van der Waals surface area contributed by atoms with E-state index in [1.807, 2.05) is 0 Å². The molecule has 1 N–H and O–H groups in total. The van der Waals surface area contributed by atoms with E-state index in [4.69, 9.17) is 4.74 Å². The van der Waals surface area contributed by atoms with E-state index in [-0.39, 0.29) is 0 Å². The molecule has 2 heteroatoms. The molecule has 1 saturated heterocycles. The molecule has 1 heterocycles. The summed E-state index contributed by atoms with van der Waals surface area (Å²) >= 11 is 0. The first-order valence-corrected chi connectivity index (χ1v) is 7.58. The van der Waals surface area contributed by atoms with Crippen LogP contribution >= 0.6 is 0 Å². The van der Waals surface area contributed by atoms with E-state index in [1.54, 1.807) is 0 Å². The average molecular weight is 261 g/mol. The zero-order valence-electron chi connectivity index (χ0n) is 12.5. The molecule has 2 rings (SSSR count). The van der Waals surface area contributed by atoms with Crippen LogP contribution in [0.1, 0.15) is 36.5 Å². The Morgan fingerprint density at radius 2 is 1.95 bits per heavy atom. The lowest BCUT2D eigenvalue weighted by Crippen LogP contribution is -2.40. The van der Waals surface area contributed by atoms with E-state index in [1.165, 1.54) is 29.5 Å². The van der Waals surface area contributed by atoms with Gasteiger partial charge in [0.2, 0.25) is 0 Å². The lowest BCUT2D eigenvalue weighted by atomic mass is 9.87. The summed E-state index contributed by atoms with van der Waals surface area (Å²) in [6, 6.07) is 7.47. The topological polar surface area (TPSA) is 21.3 Å². The maximum absolute atomic E-state index is 5.49. The summed E-state index contributed by atoms with van der Waals surface area (Å²) in [5, 5.41) is 3.68. The Labute approximate surface area is 117 Å². The Bertz CT molecular complexity index is 396. The number of nitrogens with one attached hydrogen (secondary N) is 1. The second-order valence-corrected chi connectivity index (χ2v) is 5.74. The van der Waals surface area contributed by atoms with Gasteiger partial charge in [0, 0.05) is 19.3 Å². The van der Waals surface area contributed by atoms with Gasteiger partial charge < -0.3 is 10.1 Å². The van der Waals surface area contributed by atoms with E-state index in [9.17, 15) is 0 Å². The Balaban J connectivity index is 2.04. The van der Waals surface area contributed by atoms with Gasteiger partial charge in [-0.25, -0.2) is 0 Å².